The van der Waals surface area contributed by atoms with Gasteiger partial charge in [0.05, 0.1) is 26.4 Å². The molecule has 0 saturated carbocycles. The molecular formula is C18H27NO4. The zero-order chi connectivity index (χ0) is 16.5. The summed E-state index contributed by atoms with van der Waals surface area (Å²) in [5.74, 6) is 1.89. The lowest BCUT2D eigenvalue weighted by Crippen LogP contribution is -2.40. The van der Waals surface area contributed by atoms with Crippen molar-refractivity contribution in [1.82, 2.24) is 4.90 Å². The van der Waals surface area contributed by atoms with Crippen LogP contribution >= 0.6 is 0 Å². The van der Waals surface area contributed by atoms with E-state index < -0.39 is 0 Å². The molecule has 0 spiro atoms. The van der Waals surface area contributed by atoms with E-state index in [4.69, 9.17) is 14.2 Å². The number of rotatable bonds is 8. The van der Waals surface area contributed by atoms with Crippen LogP contribution in [0.3, 0.4) is 0 Å². The van der Waals surface area contributed by atoms with Crippen molar-refractivity contribution in [2.24, 2.45) is 0 Å². The smallest absolute Gasteiger partial charge is 0.222 e. The Morgan fingerprint density at radius 3 is 2.48 bits per heavy atom. The molecule has 2 rings (SSSR count). The molecule has 1 aromatic rings. The summed E-state index contributed by atoms with van der Waals surface area (Å²) in [7, 11) is 0. The minimum Gasteiger partial charge on any atom is -0.493 e. The van der Waals surface area contributed by atoms with E-state index in [0.29, 0.717) is 45.9 Å². The van der Waals surface area contributed by atoms with Gasteiger partial charge < -0.3 is 19.1 Å². The van der Waals surface area contributed by atoms with Gasteiger partial charge in [-0.15, -0.1) is 0 Å². The molecule has 0 aromatic heterocycles. The lowest BCUT2D eigenvalue weighted by Gasteiger charge is -2.26. The average Bonchev–Trinajstić information content (AvgIpc) is 2.59. The Balaban J connectivity index is 1.74. The molecule has 1 amide bonds. The third-order valence-electron chi connectivity index (χ3n) is 3.85. The van der Waals surface area contributed by atoms with Gasteiger partial charge in [-0.2, -0.15) is 0 Å². The predicted molar refractivity (Wildman–Crippen MR) is 89.1 cm³/mol. The van der Waals surface area contributed by atoms with Gasteiger partial charge in [0, 0.05) is 25.1 Å². The fourth-order valence-corrected chi connectivity index (χ4v) is 2.50. The number of nitrogens with zero attached hydrogens (tertiary/aromatic N) is 1. The molecule has 5 heteroatoms. The molecule has 23 heavy (non-hydrogen) atoms. The minimum atomic E-state index is 0.189. The van der Waals surface area contributed by atoms with Gasteiger partial charge in [0.2, 0.25) is 5.91 Å². The molecule has 0 atom stereocenters. The number of ether oxygens (including phenoxy) is 3. The molecule has 1 aromatic carbocycles. The summed E-state index contributed by atoms with van der Waals surface area (Å²) in [6.45, 7) is 8.02. The van der Waals surface area contributed by atoms with Crippen molar-refractivity contribution in [2.75, 3.05) is 39.5 Å². The van der Waals surface area contributed by atoms with Crippen LogP contribution in [0.4, 0.5) is 0 Å². The van der Waals surface area contributed by atoms with Crippen LogP contribution in [0.25, 0.3) is 0 Å². The molecule has 1 fully saturated rings. The molecular weight excluding hydrogens is 294 g/mol. The number of hydrogen-bond acceptors (Lipinski definition) is 4. The van der Waals surface area contributed by atoms with Gasteiger partial charge in [0.15, 0.2) is 0 Å². The quantitative estimate of drug-likeness (QED) is 0.691. The third kappa shape index (κ3) is 5.43. The predicted octanol–water partition coefficient (Wildman–Crippen LogP) is 2.80. The Bertz CT molecular complexity index is 498. The summed E-state index contributed by atoms with van der Waals surface area (Å²) >= 11 is 0. The van der Waals surface area contributed by atoms with Crippen molar-refractivity contribution in [3.8, 4) is 11.5 Å². The fraction of sp³-hybridized carbons (Fsp3) is 0.611. The van der Waals surface area contributed by atoms with E-state index in [2.05, 4.69) is 6.92 Å². The number of benzene rings is 1. The summed E-state index contributed by atoms with van der Waals surface area (Å²) in [4.78, 5) is 13.9. The monoisotopic (exact) mass is 321 g/mol. The molecule has 0 unspecified atom stereocenters. The number of carbonyl (C=O) groups excluding carboxylic acids is 1. The van der Waals surface area contributed by atoms with E-state index in [9.17, 15) is 4.79 Å². The van der Waals surface area contributed by atoms with Gasteiger partial charge in [-0.05, 0) is 31.9 Å². The molecule has 5 nitrogen and oxygen atoms in total. The Morgan fingerprint density at radius 1 is 1.17 bits per heavy atom. The van der Waals surface area contributed by atoms with Crippen molar-refractivity contribution in [3.05, 3.63) is 23.8 Å². The van der Waals surface area contributed by atoms with Crippen LogP contribution in [-0.4, -0.2) is 50.3 Å². The molecule has 1 aliphatic heterocycles. The first kappa shape index (κ1) is 17.6. The SMILES string of the molecule is CCCOc1cccc(OCCCC(=O)N2CCOCC2)c1C. The highest BCUT2D eigenvalue weighted by Gasteiger charge is 2.16. The van der Waals surface area contributed by atoms with Crippen molar-refractivity contribution in [1.29, 1.82) is 0 Å². The number of amides is 1. The van der Waals surface area contributed by atoms with Crippen molar-refractivity contribution in [2.45, 2.75) is 33.1 Å². The van der Waals surface area contributed by atoms with E-state index in [1.54, 1.807) is 0 Å². The topological polar surface area (TPSA) is 48.0 Å². The number of morpholine rings is 1. The number of carbonyl (C=O) groups is 1. The van der Waals surface area contributed by atoms with Crippen molar-refractivity contribution >= 4 is 5.91 Å². The van der Waals surface area contributed by atoms with Crippen LogP contribution in [0.5, 0.6) is 11.5 Å². The van der Waals surface area contributed by atoms with Gasteiger partial charge in [0.1, 0.15) is 11.5 Å². The highest BCUT2D eigenvalue weighted by atomic mass is 16.5. The summed E-state index contributed by atoms with van der Waals surface area (Å²) < 4.78 is 16.8. The molecule has 0 N–H and O–H groups in total. The molecule has 0 bridgehead atoms. The summed E-state index contributed by atoms with van der Waals surface area (Å²) in [5, 5.41) is 0. The average molecular weight is 321 g/mol. The molecule has 0 radical (unpaired) electrons. The van der Waals surface area contributed by atoms with Crippen molar-refractivity contribution in [3.63, 3.8) is 0 Å². The van der Waals surface area contributed by atoms with Crippen LogP contribution in [0, 0.1) is 6.92 Å². The van der Waals surface area contributed by atoms with Crippen LogP contribution in [0.2, 0.25) is 0 Å². The van der Waals surface area contributed by atoms with Crippen LogP contribution in [-0.2, 0) is 9.53 Å². The van der Waals surface area contributed by atoms with Gasteiger partial charge in [0.25, 0.3) is 0 Å². The largest absolute Gasteiger partial charge is 0.493 e. The first-order valence-electron chi connectivity index (χ1n) is 8.43. The lowest BCUT2D eigenvalue weighted by atomic mass is 10.2. The Morgan fingerprint density at radius 2 is 1.83 bits per heavy atom. The molecule has 1 saturated heterocycles. The van der Waals surface area contributed by atoms with Gasteiger partial charge >= 0.3 is 0 Å². The standard InChI is InChI=1S/C18H27NO4/c1-3-11-22-16-6-4-7-17(15(16)2)23-12-5-8-18(20)19-9-13-21-14-10-19/h4,6-7H,3,5,8-14H2,1-2H3. The second-order valence-electron chi connectivity index (χ2n) is 5.67. The molecule has 1 heterocycles. The Hall–Kier alpha value is -1.75. The van der Waals surface area contributed by atoms with E-state index in [1.165, 1.54) is 0 Å². The maximum atomic E-state index is 12.0. The zero-order valence-corrected chi connectivity index (χ0v) is 14.2. The molecule has 1 aliphatic rings. The highest BCUT2D eigenvalue weighted by molar-refractivity contribution is 5.76. The summed E-state index contributed by atoms with van der Waals surface area (Å²) in [5.41, 5.74) is 1.01. The Labute approximate surface area is 138 Å². The van der Waals surface area contributed by atoms with E-state index in [0.717, 1.165) is 29.9 Å². The second-order valence-corrected chi connectivity index (χ2v) is 5.67. The number of hydrogen-bond donors (Lipinski definition) is 0. The second kappa shape index (κ2) is 9.40. The maximum absolute atomic E-state index is 12.0. The summed E-state index contributed by atoms with van der Waals surface area (Å²) in [6.07, 6.45) is 2.22. The van der Waals surface area contributed by atoms with Gasteiger partial charge in [-0.3, -0.25) is 4.79 Å². The lowest BCUT2D eigenvalue weighted by molar-refractivity contribution is -0.135. The van der Waals surface area contributed by atoms with Gasteiger partial charge in [-0.25, -0.2) is 0 Å². The van der Waals surface area contributed by atoms with E-state index in [1.807, 2.05) is 30.0 Å². The maximum Gasteiger partial charge on any atom is 0.222 e. The first-order chi connectivity index (χ1) is 11.2. The summed E-state index contributed by atoms with van der Waals surface area (Å²) in [6, 6.07) is 5.84. The van der Waals surface area contributed by atoms with Crippen LogP contribution in [0.15, 0.2) is 18.2 Å². The van der Waals surface area contributed by atoms with Crippen LogP contribution < -0.4 is 9.47 Å². The Kier molecular flexibility index (Phi) is 7.20. The van der Waals surface area contributed by atoms with E-state index in [-0.39, 0.29) is 5.91 Å². The van der Waals surface area contributed by atoms with Crippen LogP contribution in [0.1, 0.15) is 31.7 Å². The molecule has 128 valence electrons. The van der Waals surface area contributed by atoms with Crippen molar-refractivity contribution < 1.29 is 19.0 Å². The zero-order valence-electron chi connectivity index (χ0n) is 14.2. The third-order valence-corrected chi connectivity index (χ3v) is 3.85. The van der Waals surface area contributed by atoms with Gasteiger partial charge in [-0.1, -0.05) is 13.0 Å². The molecule has 0 aliphatic carbocycles. The first-order valence-corrected chi connectivity index (χ1v) is 8.43. The normalized spacial score (nSPS) is 14.6. The highest BCUT2D eigenvalue weighted by Crippen LogP contribution is 2.27. The minimum absolute atomic E-state index is 0.189. The fourth-order valence-electron chi connectivity index (χ4n) is 2.50. The van der Waals surface area contributed by atoms with E-state index >= 15 is 0 Å².